The first-order valence-corrected chi connectivity index (χ1v) is 6.44. The number of benzene rings is 1. The Bertz CT molecular complexity index is 810. The fourth-order valence-corrected chi connectivity index (χ4v) is 2.33. The summed E-state index contributed by atoms with van der Waals surface area (Å²) in [5.74, 6) is 1.15. The number of carboxylic acids is 1. The number of pyridine rings is 1. The summed E-state index contributed by atoms with van der Waals surface area (Å²) in [6.45, 7) is 3.96. The van der Waals surface area contributed by atoms with E-state index in [1.165, 1.54) is 10.6 Å². The van der Waals surface area contributed by atoms with Gasteiger partial charge in [0.2, 0.25) is 0 Å². The van der Waals surface area contributed by atoms with Crippen molar-refractivity contribution >= 4 is 5.97 Å². The lowest BCUT2D eigenvalue weighted by atomic mass is 10.0. The summed E-state index contributed by atoms with van der Waals surface area (Å²) < 4.78 is 1.32. The van der Waals surface area contributed by atoms with Crippen LogP contribution in [0.2, 0.25) is 0 Å². The van der Waals surface area contributed by atoms with Gasteiger partial charge in [0.05, 0.1) is 12.2 Å². The average Bonchev–Trinajstić information content (AvgIpc) is 2.41. The Balaban J connectivity index is 2.75. The van der Waals surface area contributed by atoms with Gasteiger partial charge in [-0.15, -0.1) is 6.42 Å². The molecular weight excluding hydrogens is 266 g/mol. The minimum Gasteiger partial charge on any atom is -0.477 e. The highest BCUT2D eigenvalue weighted by molar-refractivity contribution is 5.87. The van der Waals surface area contributed by atoms with Crippen molar-refractivity contribution in [1.82, 2.24) is 4.57 Å². The third-order valence-electron chi connectivity index (χ3n) is 3.31. The van der Waals surface area contributed by atoms with E-state index in [-0.39, 0.29) is 12.1 Å². The Morgan fingerprint density at radius 1 is 1.29 bits per heavy atom. The minimum atomic E-state index is -1.25. The zero-order valence-corrected chi connectivity index (χ0v) is 11.9. The normalized spacial score (nSPS) is 10.1. The van der Waals surface area contributed by atoms with Crippen molar-refractivity contribution in [2.24, 2.45) is 0 Å². The first-order valence-electron chi connectivity index (χ1n) is 6.44. The molecule has 106 valence electrons. The predicted molar refractivity (Wildman–Crippen MR) is 81.4 cm³/mol. The van der Waals surface area contributed by atoms with Gasteiger partial charge < -0.3 is 5.11 Å². The van der Waals surface area contributed by atoms with E-state index in [1.54, 1.807) is 6.07 Å². The topological polar surface area (TPSA) is 59.3 Å². The van der Waals surface area contributed by atoms with Gasteiger partial charge in [0, 0.05) is 5.56 Å². The average molecular weight is 281 g/mol. The number of hydrogen-bond acceptors (Lipinski definition) is 2. The molecule has 0 fully saturated rings. The molecule has 0 saturated heterocycles. The molecular formula is C17H15NO3. The number of rotatable bonds is 3. The van der Waals surface area contributed by atoms with Crippen LogP contribution in [0.15, 0.2) is 35.1 Å². The van der Waals surface area contributed by atoms with Gasteiger partial charge in [0.15, 0.2) is 0 Å². The molecule has 0 amide bonds. The summed E-state index contributed by atoms with van der Waals surface area (Å²) in [5, 5.41) is 9.05. The summed E-state index contributed by atoms with van der Waals surface area (Å²) in [6, 6.07) is 8.81. The maximum absolute atomic E-state index is 12.3. The molecule has 0 spiro atoms. The molecule has 2 rings (SSSR count). The van der Waals surface area contributed by atoms with Gasteiger partial charge in [-0.3, -0.25) is 9.36 Å². The molecule has 0 saturated carbocycles. The smallest absolute Gasteiger partial charge is 0.341 e. The van der Waals surface area contributed by atoms with E-state index in [2.05, 4.69) is 5.92 Å². The van der Waals surface area contributed by atoms with Crippen LogP contribution in [0.3, 0.4) is 0 Å². The number of aryl methyl sites for hydroxylation is 2. The first kappa shape index (κ1) is 14.6. The molecule has 0 bridgehead atoms. The number of carboxylic acid groups (broad SMARTS) is 1. The number of aromatic carboxylic acids is 1. The van der Waals surface area contributed by atoms with E-state index >= 15 is 0 Å². The molecule has 1 aromatic heterocycles. The van der Waals surface area contributed by atoms with Crippen molar-refractivity contribution < 1.29 is 9.90 Å². The molecule has 21 heavy (non-hydrogen) atoms. The fraction of sp³-hybridized carbons (Fsp3) is 0.176. The summed E-state index contributed by atoms with van der Waals surface area (Å²) in [6.07, 6.45) is 5.31. The van der Waals surface area contributed by atoms with Gasteiger partial charge in [0.25, 0.3) is 5.56 Å². The van der Waals surface area contributed by atoms with Gasteiger partial charge in [-0.05, 0) is 31.5 Å². The van der Waals surface area contributed by atoms with Gasteiger partial charge in [-0.2, -0.15) is 0 Å². The number of hydrogen-bond donors (Lipinski definition) is 1. The summed E-state index contributed by atoms with van der Waals surface area (Å²) in [5.41, 5.74) is 2.74. The molecule has 0 unspecified atom stereocenters. The number of nitrogens with zero attached hydrogens (tertiary/aromatic N) is 1. The van der Waals surface area contributed by atoms with Crippen LogP contribution in [-0.2, 0) is 6.54 Å². The summed E-state index contributed by atoms with van der Waals surface area (Å²) in [7, 11) is 0. The van der Waals surface area contributed by atoms with E-state index in [0.29, 0.717) is 5.69 Å². The fourth-order valence-electron chi connectivity index (χ4n) is 2.33. The first-order chi connectivity index (χ1) is 9.95. The van der Waals surface area contributed by atoms with E-state index in [9.17, 15) is 9.59 Å². The third kappa shape index (κ3) is 2.72. The number of aromatic nitrogens is 1. The summed E-state index contributed by atoms with van der Waals surface area (Å²) >= 11 is 0. The molecule has 4 nitrogen and oxygen atoms in total. The molecule has 0 radical (unpaired) electrons. The Labute approximate surface area is 122 Å². The van der Waals surface area contributed by atoms with Gasteiger partial charge in [-0.1, -0.05) is 29.7 Å². The maximum atomic E-state index is 12.3. The van der Waals surface area contributed by atoms with Gasteiger partial charge in [0.1, 0.15) is 5.56 Å². The second-order valence-corrected chi connectivity index (χ2v) is 4.85. The Kier molecular flexibility index (Phi) is 3.95. The molecule has 0 aliphatic heterocycles. The lowest BCUT2D eigenvalue weighted by Gasteiger charge is -2.14. The van der Waals surface area contributed by atoms with Gasteiger partial charge >= 0.3 is 5.97 Å². The molecule has 4 heteroatoms. The maximum Gasteiger partial charge on any atom is 0.341 e. The van der Waals surface area contributed by atoms with Crippen LogP contribution < -0.4 is 5.56 Å². The van der Waals surface area contributed by atoms with Crippen molar-refractivity contribution in [3.8, 4) is 23.6 Å². The standard InChI is InChI=1S/C17H15NO3/c1-4-9-18-15(8-7-14(16(18)19)17(20)21)13-6-5-11(2)10-12(13)3/h1,5-8,10H,9H2,2-3H3,(H,20,21). The Morgan fingerprint density at radius 2 is 2.00 bits per heavy atom. The molecule has 0 aliphatic rings. The van der Waals surface area contributed by atoms with Crippen molar-refractivity contribution in [3.05, 3.63) is 57.4 Å². The van der Waals surface area contributed by atoms with Crippen molar-refractivity contribution in [2.45, 2.75) is 20.4 Å². The largest absolute Gasteiger partial charge is 0.477 e. The minimum absolute atomic E-state index is 0.0304. The van der Waals surface area contributed by atoms with E-state index in [1.807, 2.05) is 32.0 Å². The van der Waals surface area contributed by atoms with Crippen molar-refractivity contribution in [3.63, 3.8) is 0 Å². The van der Waals surface area contributed by atoms with Crippen LogP contribution in [0, 0.1) is 26.2 Å². The lowest BCUT2D eigenvalue weighted by molar-refractivity contribution is 0.0694. The quantitative estimate of drug-likeness (QED) is 0.879. The monoisotopic (exact) mass is 281 g/mol. The number of carbonyl (C=O) groups is 1. The third-order valence-corrected chi connectivity index (χ3v) is 3.31. The summed E-state index contributed by atoms with van der Waals surface area (Å²) in [4.78, 5) is 23.3. The predicted octanol–water partition coefficient (Wildman–Crippen LogP) is 2.46. The zero-order valence-electron chi connectivity index (χ0n) is 11.9. The highest BCUT2D eigenvalue weighted by Crippen LogP contribution is 2.23. The lowest BCUT2D eigenvalue weighted by Crippen LogP contribution is -2.27. The SMILES string of the molecule is C#CCn1c(-c2ccc(C)cc2C)ccc(C(=O)O)c1=O. The van der Waals surface area contributed by atoms with Gasteiger partial charge in [-0.25, -0.2) is 4.79 Å². The van der Waals surface area contributed by atoms with Crippen LogP contribution in [0.4, 0.5) is 0 Å². The molecule has 0 atom stereocenters. The molecule has 1 heterocycles. The van der Waals surface area contributed by atoms with Crippen LogP contribution in [0.5, 0.6) is 0 Å². The molecule has 0 aliphatic carbocycles. The van der Waals surface area contributed by atoms with Crippen LogP contribution in [0.1, 0.15) is 21.5 Å². The van der Waals surface area contributed by atoms with E-state index in [0.717, 1.165) is 16.7 Å². The highest BCUT2D eigenvalue weighted by Gasteiger charge is 2.15. The van der Waals surface area contributed by atoms with E-state index < -0.39 is 11.5 Å². The van der Waals surface area contributed by atoms with Crippen molar-refractivity contribution in [1.29, 1.82) is 0 Å². The molecule has 2 aromatic rings. The molecule has 1 aromatic carbocycles. The second kappa shape index (κ2) is 5.68. The van der Waals surface area contributed by atoms with Crippen LogP contribution >= 0.6 is 0 Å². The molecule has 1 N–H and O–H groups in total. The second-order valence-electron chi connectivity index (χ2n) is 4.85. The zero-order chi connectivity index (χ0) is 15.6. The Morgan fingerprint density at radius 3 is 2.57 bits per heavy atom. The van der Waals surface area contributed by atoms with Crippen molar-refractivity contribution in [2.75, 3.05) is 0 Å². The number of terminal acetylenes is 1. The van der Waals surface area contributed by atoms with E-state index in [4.69, 9.17) is 11.5 Å². The van der Waals surface area contributed by atoms with Crippen LogP contribution in [-0.4, -0.2) is 15.6 Å². The van der Waals surface area contributed by atoms with Crippen LogP contribution in [0.25, 0.3) is 11.3 Å². The highest BCUT2D eigenvalue weighted by atomic mass is 16.4. The Hall–Kier alpha value is -2.80.